The van der Waals surface area contributed by atoms with Gasteiger partial charge in [-0.3, -0.25) is 0 Å². The Morgan fingerprint density at radius 2 is 1.82 bits per heavy atom. The summed E-state index contributed by atoms with van der Waals surface area (Å²) in [7, 11) is 2.08. The minimum Gasteiger partial charge on any atom is -0.376 e. The molecule has 0 heterocycles. The van der Waals surface area contributed by atoms with Crippen LogP contribution in [0, 0.1) is 11.3 Å². The van der Waals surface area contributed by atoms with Gasteiger partial charge in [0.15, 0.2) is 0 Å². The van der Waals surface area contributed by atoms with Crippen LogP contribution in [-0.4, -0.2) is 25.8 Å². The van der Waals surface area contributed by atoms with Crippen LogP contribution < -0.4 is 5.32 Å². The number of nitrogens with one attached hydrogen (secondary N) is 1. The van der Waals surface area contributed by atoms with E-state index in [1.165, 1.54) is 44.9 Å². The van der Waals surface area contributed by atoms with E-state index < -0.39 is 0 Å². The molecule has 2 aliphatic carbocycles. The first-order chi connectivity index (χ1) is 8.13. The van der Waals surface area contributed by atoms with Crippen LogP contribution in [0.4, 0.5) is 0 Å². The fourth-order valence-corrected chi connectivity index (χ4v) is 3.71. The van der Waals surface area contributed by atoms with Crippen molar-refractivity contribution >= 4 is 0 Å². The van der Waals surface area contributed by atoms with Crippen LogP contribution >= 0.6 is 0 Å². The average molecular weight is 239 g/mol. The summed E-state index contributed by atoms with van der Waals surface area (Å²) in [6.45, 7) is 5.72. The monoisotopic (exact) mass is 239 g/mol. The molecule has 17 heavy (non-hydrogen) atoms. The summed E-state index contributed by atoms with van der Waals surface area (Å²) in [6, 6.07) is 0.533. The molecule has 0 aliphatic heterocycles. The van der Waals surface area contributed by atoms with Crippen LogP contribution in [-0.2, 0) is 4.74 Å². The zero-order valence-corrected chi connectivity index (χ0v) is 11.8. The first kappa shape index (κ1) is 13.4. The van der Waals surface area contributed by atoms with E-state index in [9.17, 15) is 0 Å². The van der Waals surface area contributed by atoms with Gasteiger partial charge < -0.3 is 10.1 Å². The van der Waals surface area contributed by atoms with Crippen LogP contribution in [0.2, 0.25) is 0 Å². The summed E-state index contributed by atoms with van der Waals surface area (Å²) in [4.78, 5) is 0. The molecule has 0 spiro atoms. The van der Waals surface area contributed by atoms with Crippen LogP contribution in [0.15, 0.2) is 0 Å². The van der Waals surface area contributed by atoms with Crippen molar-refractivity contribution in [3.63, 3.8) is 0 Å². The van der Waals surface area contributed by atoms with Gasteiger partial charge in [-0.2, -0.15) is 0 Å². The largest absolute Gasteiger partial charge is 0.376 e. The molecule has 0 amide bonds. The molecule has 2 fully saturated rings. The van der Waals surface area contributed by atoms with Gasteiger partial charge in [-0.25, -0.2) is 0 Å². The van der Waals surface area contributed by atoms with E-state index in [0.717, 1.165) is 12.5 Å². The zero-order valence-electron chi connectivity index (χ0n) is 11.8. The van der Waals surface area contributed by atoms with Crippen molar-refractivity contribution in [3.8, 4) is 0 Å². The standard InChI is InChI=1S/C15H29NO/c1-15(2)10-9-13(14(15)16-3)17-11-12-7-5-4-6-8-12/h12-14,16H,4-11H2,1-3H3. The number of rotatable bonds is 4. The maximum absolute atomic E-state index is 6.22. The Hall–Kier alpha value is -0.0800. The molecule has 0 bridgehead atoms. The third-order valence-corrected chi connectivity index (χ3v) is 4.87. The molecule has 2 aliphatic rings. The second-order valence-corrected chi connectivity index (χ2v) is 6.67. The molecule has 0 aromatic rings. The van der Waals surface area contributed by atoms with Gasteiger partial charge in [-0.15, -0.1) is 0 Å². The molecule has 2 atom stereocenters. The molecule has 0 aromatic heterocycles. The van der Waals surface area contributed by atoms with E-state index in [1.54, 1.807) is 0 Å². The summed E-state index contributed by atoms with van der Waals surface area (Å²) in [5.41, 5.74) is 0.395. The highest BCUT2D eigenvalue weighted by Crippen LogP contribution is 2.39. The van der Waals surface area contributed by atoms with Crippen LogP contribution in [0.5, 0.6) is 0 Å². The quantitative estimate of drug-likeness (QED) is 0.812. The lowest BCUT2D eigenvalue weighted by atomic mass is 9.87. The van der Waals surface area contributed by atoms with Gasteiger partial charge in [-0.05, 0) is 44.1 Å². The molecule has 0 saturated heterocycles. The highest BCUT2D eigenvalue weighted by atomic mass is 16.5. The Balaban J connectivity index is 1.78. The molecular formula is C15H29NO. The molecule has 2 nitrogen and oxygen atoms in total. The topological polar surface area (TPSA) is 21.3 Å². The van der Waals surface area contributed by atoms with E-state index in [4.69, 9.17) is 4.74 Å². The Morgan fingerprint density at radius 3 is 2.47 bits per heavy atom. The smallest absolute Gasteiger partial charge is 0.0733 e. The second-order valence-electron chi connectivity index (χ2n) is 6.67. The molecule has 0 aromatic carbocycles. The lowest BCUT2D eigenvalue weighted by Crippen LogP contribution is -2.44. The summed E-state index contributed by atoms with van der Waals surface area (Å²) < 4.78 is 6.22. The number of ether oxygens (including phenoxy) is 1. The molecule has 2 rings (SSSR count). The molecule has 1 N–H and O–H groups in total. The molecule has 0 radical (unpaired) electrons. The zero-order chi connectivity index (χ0) is 12.3. The molecular weight excluding hydrogens is 210 g/mol. The minimum absolute atomic E-state index is 0.395. The van der Waals surface area contributed by atoms with Crippen molar-refractivity contribution in [2.45, 2.75) is 70.9 Å². The predicted molar refractivity (Wildman–Crippen MR) is 72.2 cm³/mol. The summed E-state index contributed by atoms with van der Waals surface area (Å²) >= 11 is 0. The van der Waals surface area contributed by atoms with Gasteiger partial charge in [0.2, 0.25) is 0 Å². The molecule has 100 valence electrons. The van der Waals surface area contributed by atoms with Crippen molar-refractivity contribution in [2.75, 3.05) is 13.7 Å². The Kier molecular flexibility index (Phi) is 4.48. The molecule has 2 saturated carbocycles. The first-order valence-electron chi connectivity index (χ1n) is 7.42. The fraction of sp³-hybridized carbons (Fsp3) is 1.00. The van der Waals surface area contributed by atoms with Crippen LogP contribution in [0.1, 0.15) is 58.8 Å². The van der Waals surface area contributed by atoms with E-state index in [1.807, 2.05) is 0 Å². The lowest BCUT2D eigenvalue weighted by Gasteiger charge is -2.31. The minimum atomic E-state index is 0.395. The Morgan fingerprint density at radius 1 is 1.12 bits per heavy atom. The van der Waals surface area contributed by atoms with Crippen LogP contribution in [0.3, 0.4) is 0 Å². The second kappa shape index (κ2) is 5.71. The SMILES string of the molecule is CNC1C(OCC2CCCCC2)CCC1(C)C. The summed E-state index contributed by atoms with van der Waals surface area (Å²) in [5, 5.41) is 3.47. The van der Waals surface area contributed by atoms with Crippen molar-refractivity contribution in [3.05, 3.63) is 0 Å². The maximum atomic E-state index is 6.22. The van der Waals surface area contributed by atoms with Crippen molar-refractivity contribution < 1.29 is 4.74 Å². The normalized spacial score (nSPS) is 34.1. The van der Waals surface area contributed by atoms with Crippen molar-refractivity contribution in [1.82, 2.24) is 5.32 Å². The van der Waals surface area contributed by atoms with Crippen LogP contribution in [0.25, 0.3) is 0 Å². The lowest BCUT2D eigenvalue weighted by molar-refractivity contribution is 0.00218. The van der Waals surface area contributed by atoms with Crippen molar-refractivity contribution in [2.24, 2.45) is 11.3 Å². The number of hydrogen-bond donors (Lipinski definition) is 1. The predicted octanol–water partition coefficient (Wildman–Crippen LogP) is 3.36. The Labute approximate surface area is 107 Å². The van der Waals surface area contributed by atoms with E-state index in [2.05, 4.69) is 26.2 Å². The van der Waals surface area contributed by atoms with Gasteiger partial charge in [0.1, 0.15) is 0 Å². The van der Waals surface area contributed by atoms with Gasteiger partial charge in [-0.1, -0.05) is 33.1 Å². The highest BCUT2D eigenvalue weighted by Gasteiger charge is 2.41. The van der Waals surface area contributed by atoms with E-state index in [-0.39, 0.29) is 0 Å². The van der Waals surface area contributed by atoms with Gasteiger partial charge >= 0.3 is 0 Å². The number of likely N-dealkylation sites (N-methyl/N-ethyl adjacent to an activating group) is 1. The first-order valence-corrected chi connectivity index (χ1v) is 7.42. The summed E-state index contributed by atoms with van der Waals surface area (Å²) in [6.07, 6.45) is 10.0. The van der Waals surface area contributed by atoms with E-state index >= 15 is 0 Å². The fourth-order valence-electron chi connectivity index (χ4n) is 3.71. The number of hydrogen-bond acceptors (Lipinski definition) is 2. The summed E-state index contributed by atoms with van der Waals surface area (Å²) in [5.74, 6) is 0.838. The third-order valence-electron chi connectivity index (χ3n) is 4.87. The maximum Gasteiger partial charge on any atom is 0.0733 e. The van der Waals surface area contributed by atoms with Gasteiger partial charge in [0.05, 0.1) is 6.10 Å². The van der Waals surface area contributed by atoms with Gasteiger partial charge in [0, 0.05) is 12.6 Å². The molecule has 2 unspecified atom stereocenters. The van der Waals surface area contributed by atoms with E-state index in [0.29, 0.717) is 17.6 Å². The highest BCUT2D eigenvalue weighted by molar-refractivity contribution is 4.96. The Bertz CT molecular complexity index is 233. The third kappa shape index (κ3) is 3.23. The van der Waals surface area contributed by atoms with Crippen molar-refractivity contribution in [1.29, 1.82) is 0 Å². The van der Waals surface area contributed by atoms with Gasteiger partial charge in [0.25, 0.3) is 0 Å². The molecule has 2 heteroatoms. The average Bonchev–Trinajstić information content (AvgIpc) is 2.62.